The van der Waals surface area contributed by atoms with E-state index >= 15 is 0 Å². The maximum atomic E-state index is 14.2. The number of alkyl halides is 3. The second-order valence-corrected chi connectivity index (χ2v) is 12.8. The molecule has 11 heteroatoms. The lowest BCUT2D eigenvalue weighted by molar-refractivity contribution is -0.142. The minimum Gasteiger partial charge on any atom is -0.372 e. The lowest BCUT2D eigenvalue weighted by Gasteiger charge is -2.26. The number of anilines is 1. The number of sulfonamides is 1. The monoisotopic (exact) mass is 595 g/mol. The van der Waals surface area contributed by atoms with Gasteiger partial charge >= 0.3 is 6.18 Å². The number of hydrogen-bond acceptors (Lipinski definition) is 5. The van der Waals surface area contributed by atoms with Crippen LogP contribution in [0.25, 0.3) is 11.1 Å². The first-order valence-corrected chi connectivity index (χ1v) is 14.5. The Bertz CT molecular complexity index is 1740. The van der Waals surface area contributed by atoms with Gasteiger partial charge in [0.2, 0.25) is 10.0 Å². The van der Waals surface area contributed by atoms with Gasteiger partial charge in [-0.3, -0.25) is 9.78 Å². The fourth-order valence-electron chi connectivity index (χ4n) is 5.08. The number of fused-ring (bicyclic) bond motifs is 1. The van der Waals surface area contributed by atoms with Gasteiger partial charge in [0.1, 0.15) is 0 Å². The first-order valence-electron chi connectivity index (χ1n) is 13.0. The van der Waals surface area contributed by atoms with Crippen LogP contribution in [0, 0.1) is 0 Å². The summed E-state index contributed by atoms with van der Waals surface area (Å²) < 4.78 is 70.8. The van der Waals surface area contributed by atoms with E-state index in [1.807, 2.05) is 24.3 Å². The van der Waals surface area contributed by atoms with Crippen molar-refractivity contribution in [2.24, 2.45) is 0 Å². The number of rotatable bonds is 6. The fraction of sp³-hybridized carbons (Fsp3) is 0.226. The molecular weight excluding hydrogens is 567 g/mol. The van der Waals surface area contributed by atoms with Crippen molar-refractivity contribution in [3.05, 3.63) is 114 Å². The number of hydrogen-bond donors (Lipinski definition) is 2. The number of carbonyl (C=O) groups is 1. The Hall–Kier alpha value is -4.06. The van der Waals surface area contributed by atoms with E-state index in [-0.39, 0.29) is 22.7 Å². The molecule has 5 rings (SSSR count). The van der Waals surface area contributed by atoms with Gasteiger partial charge < -0.3 is 10.0 Å². The van der Waals surface area contributed by atoms with E-state index in [0.29, 0.717) is 5.56 Å². The summed E-state index contributed by atoms with van der Waals surface area (Å²) >= 11 is 0. The first kappa shape index (κ1) is 29.4. The van der Waals surface area contributed by atoms with Crippen molar-refractivity contribution in [1.29, 1.82) is 0 Å². The minimum absolute atomic E-state index is 0.0818. The fourth-order valence-corrected chi connectivity index (χ4v) is 6.50. The summed E-state index contributed by atoms with van der Waals surface area (Å²) in [5, 5.41) is 11.9. The smallest absolute Gasteiger partial charge is 0.372 e. The molecule has 1 atom stereocenters. The van der Waals surface area contributed by atoms with Crippen LogP contribution in [0.5, 0.6) is 0 Å². The Balaban J connectivity index is 1.56. The molecule has 0 spiro atoms. The van der Waals surface area contributed by atoms with Crippen molar-refractivity contribution in [3.63, 3.8) is 0 Å². The summed E-state index contributed by atoms with van der Waals surface area (Å²) in [6.07, 6.45) is -1.56. The van der Waals surface area contributed by atoms with Crippen LogP contribution in [-0.2, 0) is 33.1 Å². The van der Waals surface area contributed by atoms with Gasteiger partial charge in [0, 0.05) is 23.5 Å². The number of amides is 1. The second-order valence-electron chi connectivity index (χ2n) is 11.1. The van der Waals surface area contributed by atoms with Gasteiger partial charge in [0.15, 0.2) is 5.60 Å². The molecule has 7 nitrogen and oxygen atoms in total. The van der Waals surface area contributed by atoms with Gasteiger partial charge in [-0.05, 0) is 79.4 Å². The van der Waals surface area contributed by atoms with Gasteiger partial charge in [-0.1, -0.05) is 42.5 Å². The number of pyridine rings is 1. The molecule has 2 heterocycles. The summed E-state index contributed by atoms with van der Waals surface area (Å²) in [5.41, 5.74) is -3.07. The summed E-state index contributed by atoms with van der Waals surface area (Å²) in [6.45, 7) is 4.88. The average molecular weight is 596 g/mol. The van der Waals surface area contributed by atoms with Gasteiger partial charge in [-0.25, -0.2) is 13.1 Å². The van der Waals surface area contributed by atoms with Crippen molar-refractivity contribution in [3.8, 4) is 11.1 Å². The molecule has 0 saturated carbocycles. The number of benzene rings is 3. The van der Waals surface area contributed by atoms with Crippen LogP contribution in [0.3, 0.4) is 0 Å². The van der Waals surface area contributed by atoms with E-state index in [1.165, 1.54) is 24.3 Å². The molecule has 0 bridgehead atoms. The molecule has 1 unspecified atom stereocenters. The molecule has 42 heavy (non-hydrogen) atoms. The molecule has 0 radical (unpaired) electrons. The Morgan fingerprint density at radius 1 is 0.881 bits per heavy atom. The molecule has 0 saturated heterocycles. The predicted octanol–water partition coefficient (Wildman–Crippen LogP) is 5.63. The van der Waals surface area contributed by atoms with Gasteiger partial charge in [-0.15, -0.1) is 0 Å². The van der Waals surface area contributed by atoms with Crippen molar-refractivity contribution in [2.75, 3.05) is 4.90 Å². The Morgan fingerprint density at radius 2 is 1.48 bits per heavy atom. The molecular formula is C31H28F3N3O4S. The molecule has 1 aliphatic heterocycles. The minimum atomic E-state index is -4.87. The highest BCUT2D eigenvalue weighted by molar-refractivity contribution is 7.89. The van der Waals surface area contributed by atoms with E-state index in [9.17, 15) is 31.5 Å². The van der Waals surface area contributed by atoms with Crippen molar-refractivity contribution in [1.82, 2.24) is 9.71 Å². The predicted molar refractivity (Wildman–Crippen MR) is 152 cm³/mol. The van der Waals surface area contributed by atoms with Crippen molar-refractivity contribution < 1.29 is 31.5 Å². The zero-order chi connectivity index (χ0) is 30.5. The van der Waals surface area contributed by atoms with Crippen LogP contribution in [-0.4, -0.2) is 30.0 Å². The lowest BCUT2D eigenvalue weighted by atomic mass is 9.84. The van der Waals surface area contributed by atoms with E-state index in [2.05, 4.69) is 9.71 Å². The molecule has 0 fully saturated rings. The van der Waals surface area contributed by atoms with Crippen LogP contribution < -0.4 is 9.62 Å². The summed E-state index contributed by atoms with van der Waals surface area (Å²) in [6, 6.07) is 18.9. The van der Waals surface area contributed by atoms with E-state index in [4.69, 9.17) is 0 Å². The Kier molecular flexibility index (Phi) is 7.24. The summed E-state index contributed by atoms with van der Waals surface area (Å²) in [4.78, 5) is 18.9. The lowest BCUT2D eigenvalue weighted by Crippen LogP contribution is -2.42. The van der Waals surface area contributed by atoms with E-state index in [0.717, 1.165) is 34.2 Å². The highest BCUT2D eigenvalue weighted by Gasteiger charge is 2.55. The number of nitrogens with zero attached hydrogens (tertiary/aromatic N) is 2. The van der Waals surface area contributed by atoms with Crippen molar-refractivity contribution in [2.45, 2.75) is 49.5 Å². The Labute approximate surface area is 241 Å². The summed E-state index contributed by atoms with van der Waals surface area (Å²) in [7, 11) is -3.97. The van der Waals surface area contributed by atoms with Gasteiger partial charge in [0.05, 0.1) is 22.7 Å². The van der Waals surface area contributed by atoms with Gasteiger partial charge in [0.25, 0.3) is 5.91 Å². The van der Waals surface area contributed by atoms with E-state index in [1.54, 1.807) is 45.3 Å². The van der Waals surface area contributed by atoms with Crippen LogP contribution in [0.4, 0.5) is 18.9 Å². The third-order valence-electron chi connectivity index (χ3n) is 6.89. The number of nitrogens with one attached hydrogen (secondary N) is 1. The second kappa shape index (κ2) is 10.3. The highest BCUT2D eigenvalue weighted by atomic mass is 32.2. The third-order valence-corrected chi connectivity index (χ3v) is 8.66. The SMILES string of the molecule is CC(C)(C)NS(=O)(=O)c1ccc(C2(O)C(=O)N(Cc3ccc(-c4ccncc4)cc3)c3cccc(C(F)(F)F)c32)cc1. The number of aromatic nitrogens is 1. The largest absolute Gasteiger partial charge is 0.416 e. The quantitative estimate of drug-likeness (QED) is 0.301. The molecule has 3 aromatic carbocycles. The average Bonchev–Trinajstić information content (AvgIpc) is 3.15. The molecule has 1 amide bonds. The molecule has 1 aliphatic rings. The Morgan fingerprint density at radius 3 is 2.05 bits per heavy atom. The zero-order valence-corrected chi connectivity index (χ0v) is 23.8. The van der Waals surface area contributed by atoms with Crippen LogP contribution in [0.15, 0.2) is 96.2 Å². The maximum Gasteiger partial charge on any atom is 0.416 e. The van der Waals surface area contributed by atoms with E-state index < -0.39 is 44.4 Å². The van der Waals surface area contributed by atoms with Crippen LogP contribution >= 0.6 is 0 Å². The molecule has 1 aromatic heterocycles. The molecule has 4 aromatic rings. The molecule has 218 valence electrons. The highest BCUT2D eigenvalue weighted by Crippen LogP contribution is 2.50. The number of aliphatic hydroxyl groups is 1. The van der Waals surface area contributed by atoms with Gasteiger partial charge in [-0.2, -0.15) is 13.2 Å². The standard InChI is InChI=1S/C31H28F3N3O4S/c1-29(2,3)36-42(40,41)24-13-11-23(12-14-24)30(39)27-25(31(32,33)34)5-4-6-26(27)37(28(30)38)19-20-7-9-21(10-8-20)22-15-17-35-18-16-22/h4-18,36,39H,19H2,1-3H3. The number of carbonyl (C=O) groups excluding carboxylic acids is 1. The normalized spacial score (nSPS) is 17.4. The maximum absolute atomic E-state index is 14.2. The molecule has 0 aliphatic carbocycles. The van der Waals surface area contributed by atoms with Crippen molar-refractivity contribution >= 4 is 21.6 Å². The summed E-state index contributed by atoms with van der Waals surface area (Å²) in [5.74, 6) is -0.976. The van der Waals surface area contributed by atoms with Crippen LogP contribution in [0.1, 0.15) is 43.0 Å². The molecule has 2 N–H and O–H groups in total. The first-order chi connectivity index (χ1) is 19.6. The third kappa shape index (κ3) is 5.42. The topological polar surface area (TPSA) is 99.6 Å². The van der Waals surface area contributed by atoms with Crippen LogP contribution in [0.2, 0.25) is 0 Å². The zero-order valence-electron chi connectivity index (χ0n) is 23.0. The number of halogens is 3.